The molecule has 0 saturated heterocycles. The smallest absolute Gasteiger partial charge is 0.180 e. The van der Waals surface area contributed by atoms with Crippen LogP contribution in [0.3, 0.4) is 0 Å². The van der Waals surface area contributed by atoms with Gasteiger partial charge in [-0.2, -0.15) is 0 Å². The number of rotatable bonds is 4. The van der Waals surface area contributed by atoms with Crippen molar-refractivity contribution in [1.29, 1.82) is 0 Å². The van der Waals surface area contributed by atoms with Gasteiger partial charge < -0.3 is 4.98 Å². The highest BCUT2D eigenvalue weighted by atomic mass is 32.2. The van der Waals surface area contributed by atoms with Gasteiger partial charge in [-0.3, -0.25) is 0 Å². The van der Waals surface area contributed by atoms with Crippen LogP contribution in [-0.2, 0) is 9.84 Å². The van der Waals surface area contributed by atoms with Crippen molar-refractivity contribution < 1.29 is 8.42 Å². The topological polar surface area (TPSA) is 75.7 Å². The molecule has 0 aliphatic heterocycles. The maximum absolute atomic E-state index is 12.3. The van der Waals surface area contributed by atoms with Gasteiger partial charge in [0.25, 0.3) is 0 Å². The van der Waals surface area contributed by atoms with Gasteiger partial charge in [0, 0.05) is 22.2 Å². The maximum Gasteiger partial charge on any atom is 0.180 e. The number of nitrogens with one attached hydrogen (secondary N) is 1. The number of sulfone groups is 1. The Kier molecular flexibility index (Phi) is 4.13. The zero-order valence-corrected chi connectivity index (χ0v) is 15.9. The molecule has 3 heterocycles. The largest absolute Gasteiger partial charge is 0.344 e. The number of aromatic nitrogens is 3. The van der Waals surface area contributed by atoms with Crippen molar-refractivity contribution in [3.8, 4) is 21.7 Å². The Bertz CT molecular complexity index is 1160. The summed E-state index contributed by atoms with van der Waals surface area (Å²) in [6.07, 6.45) is 3.61. The third-order valence-electron chi connectivity index (χ3n) is 4.27. The fraction of sp³-hybridized carbons (Fsp3) is 0.158. The molecule has 4 aromatic rings. The number of hydrogen-bond acceptors (Lipinski definition) is 5. The second-order valence-electron chi connectivity index (χ2n) is 6.25. The summed E-state index contributed by atoms with van der Waals surface area (Å²) in [5.74, 6) is 0. The predicted octanol–water partition coefficient (Wildman–Crippen LogP) is 4.54. The highest BCUT2D eigenvalue weighted by Gasteiger charge is 2.19. The summed E-state index contributed by atoms with van der Waals surface area (Å²) >= 11 is 1.65. The van der Waals surface area contributed by atoms with E-state index in [4.69, 9.17) is 4.98 Å². The van der Waals surface area contributed by atoms with Crippen molar-refractivity contribution >= 4 is 32.3 Å². The second kappa shape index (κ2) is 6.34. The summed E-state index contributed by atoms with van der Waals surface area (Å²) < 4.78 is 24.5. The zero-order chi connectivity index (χ0) is 18.3. The van der Waals surface area contributed by atoms with E-state index < -0.39 is 15.1 Å². The van der Waals surface area contributed by atoms with Gasteiger partial charge in [-0.15, -0.1) is 11.3 Å². The number of hydrogen-bond donors (Lipinski definition) is 1. The minimum Gasteiger partial charge on any atom is -0.344 e. The van der Waals surface area contributed by atoms with E-state index in [1.54, 1.807) is 55.6 Å². The van der Waals surface area contributed by atoms with Crippen molar-refractivity contribution in [3.05, 3.63) is 54.2 Å². The first-order valence-electron chi connectivity index (χ1n) is 8.19. The average molecular weight is 383 g/mol. The highest BCUT2D eigenvalue weighted by molar-refractivity contribution is 7.92. The van der Waals surface area contributed by atoms with E-state index >= 15 is 0 Å². The fourth-order valence-corrected chi connectivity index (χ4v) is 4.54. The standard InChI is InChI=1S/C19H17N3O2S2/c1-12(2)26(23,24)14-7-5-13(6-8-14)16-11-21-19-18(22-16)15(10-20-19)17-4-3-9-25-17/h3-12H,1-2H3,(H,20,21). The van der Waals surface area contributed by atoms with Crippen LogP contribution >= 0.6 is 11.3 Å². The number of aromatic amines is 1. The Labute approximate surface area is 155 Å². The monoisotopic (exact) mass is 383 g/mol. The summed E-state index contributed by atoms with van der Waals surface area (Å²) in [5.41, 5.74) is 4.10. The van der Waals surface area contributed by atoms with Crippen LogP contribution in [0.2, 0.25) is 0 Å². The van der Waals surface area contributed by atoms with Gasteiger partial charge in [0.05, 0.1) is 22.0 Å². The molecular weight excluding hydrogens is 366 g/mol. The molecule has 0 spiro atoms. The van der Waals surface area contributed by atoms with Gasteiger partial charge in [0.15, 0.2) is 15.5 Å². The lowest BCUT2D eigenvalue weighted by molar-refractivity contribution is 0.587. The molecule has 0 radical (unpaired) electrons. The molecule has 0 saturated carbocycles. The number of thiophene rings is 1. The molecular formula is C19H17N3O2S2. The second-order valence-corrected chi connectivity index (χ2v) is 9.70. The zero-order valence-electron chi connectivity index (χ0n) is 14.3. The molecule has 0 atom stereocenters. The summed E-state index contributed by atoms with van der Waals surface area (Å²) in [4.78, 5) is 13.8. The lowest BCUT2D eigenvalue weighted by Gasteiger charge is -2.08. The van der Waals surface area contributed by atoms with Crippen LogP contribution in [0.25, 0.3) is 32.9 Å². The van der Waals surface area contributed by atoms with E-state index in [0.717, 1.165) is 27.2 Å². The number of fused-ring (bicyclic) bond motifs is 1. The van der Waals surface area contributed by atoms with Crippen LogP contribution in [0.1, 0.15) is 13.8 Å². The Balaban J connectivity index is 1.76. The van der Waals surface area contributed by atoms with Crippen molar-refractivity contribution in [1.82, 2.24) is 15.0 Å². The predicted molar refractivity (Wildman–Crippen MR) is 105 cm³/mol. The summed E-state index contributed by atoms with van der Waals surface area (Å²) in [5, 5.41) is 1.58. The number of nitrogens with zero attached hydrogens (tertiary/aromatic N) is 2. The van der Waals surface area contributed by atoms with Crippen molar-refractivity contribution in [2.45, 2.75) is 24.0 Å². The van der Waals surface area contributed by atoms with Crippen LogP contribution in [-0.4, -0.2) is 28.6 Å². The Morgan fingerprint density at radius 3 is 2.54 bits per heavy atom. The summed E-state index contributed by atoms with van der Waals surface area (Å²) in [7, 11) is -3.28. The minimum atomic E-state index is -3.28. The first kappa shape index (κ1) is 16.9. The molecule has 0 bridgehead atoms. The van der Waals surface area contributed by atoms with E-state index in [-0.39, 0.29) is 0 Å². The van der Waals surface area contributed by atoms with E-state index in [1.807, 2.05) is 23.7 Å². The SMILES string of the molecule is CC(C)S(=O)(=O)c1ccc(-c2cnc3[nH]cc(-c4cccs4)c3n2)cc1. The minimum absolute atomic E-state index is 0.325. The molecule has 7 heteroatoms. The van der Waals surface area contributed by atoms with E-state index in [2.05, 4.69) is 9.97 Å². The lowest BCUT2D eigenvalue weighted by Crippen LogP contribution is -2.13. The highest BCUT2D eigenvalue weighted by Crippen LogP contribution is 2.31. The summed E-state index contributed by atoms with van der Waals surface area (Å²) in [6.45, 7) is 3.36. The molecule has 26 heavy (non-hydrogen) atoms. The van der Waals surface area contributed by atoms with Crippen molar-refractivity contribution in [2.24, 2.45) is 0 Å². The van der Waals surface area contributed by atoms with Crippen molar-refractivity contribution in [2.75, 3.05) is 0 Å². The molecule has 0 aliphatic carbocycles. The van der Waals surface area contributed by atoms with Crippen LogP contribution in [0.5, 0.6) is 0 Å². The van der Waals surface area contributed by atoms with Gasteiger partial charge in [-0.05, 0) is 37.4 Å². The third-order valence-corrected chi connectivity index (χ3v) is 7.34. The van der Waals surface area contributed by atoms with Crippen LogP contribution in [0.15, 0.2) is 59.1 Å². The van der Waals surface area contributed by atoms with Crippen LogP contribution in [0, 0.1) is 0 Å². The van der Waals surface area contributed by atoms with Gasteiger partial charge in [-0.25, -0.2) is 18.4 Å². The molecule has 5 nitrogen and oxygen atoms in total. The lowest BCUT2D eigenvalue weighted by atomic mass is 10.1. The Morgan fingerprint density at radius 1 is 1.12 bits per heavy atom. The first-order valence-corrected chi connectivity index (χ1v) is 10.6. The Hall–Kier alpha value is -2.51. The third kappa shape index (κ3) is 2.83. The Morgan fingerprint density at radius 2 is 1.88 bits per heavy atom. The molecule has 1 aromatic carbocycles. The number of H-pyrrole nitrogens is 1. The molecule has 0 aliphatic rings. The fourth-order valence-electron chi connectivity index (χ4n) is 2.74. The molecule has 1 N–H and O–H groups in total. The summed E-state index contributed by atoms with van der Waals surface area (Å²) in [6, 6.07) is 10.9. The first-order chi connectivity index (χ1) is 12.5. The van der Waals surface area contributed by atoms with E-state index in [0.29, 0.717) is 10.6 Å². The number of benzene rings is 1. The van der Waals surface area contributed by atoms with Crippen LogP contribution in [0.4, 0.5) is 0 Å². The van der Waals surface area contributed by atoms with Gasteiger partial charge >= 0.3 is 0 Å². The van der Waals surface area contributed by atoms with Crippen LogP contribution < -0.4 is 0 Å². The van der Waals surface area contributed by atoms with Gasteiger partial charge in [-0.1, -0.05) is 18.2 Å². The van der Waals surface area contributed by atoms with E-state index in [1.165, 1.54) is 0 Å². The molecule has 4 rings (SSSR count). The maximum atomic E-state index is 12.3. The van der Waals surface area contributed by atoms with Gasteiger partial charge in [0.2, 0.25) is 0 Å². The molecule has 3 aromatic heterocycles. The van der Waals surface area contributed by atoms with E-state index in [9.17, 15) is 8.42 Å². The molecule has 0 unspecified atom stereocenters. The normalized spacial score (nSPS) is 12.1. The average Bonchev–Trinajstić information content (AvgIpc) is 3.30. The van der Waals surface area contributed by atoms with Crippen molar-refractivity contribution in [3.63, 3.8) is 0 Å². The molecule has 0 amide bonds. The molecule has 132 valence electrons. The molecule has 0 fully saturated rings. The van der Waals surface area contributed by atoms with Gasteiger partial charge in [0.1, 0.15) is 5.52 Å². The quantitative estimate of drug-likeness (QED) is 0.561.